The predicted molar refractivity (Wildman–Crippen MR) is 70.1 cm³/mol. The third-order valence-electron chi connectivity index (χ3n) is 1.95. The van der Waals surface area contributed by atoms with Gasteiger partial charge in [0.1, 0.15) is 0 Å². The van der Waals surface area contributed by atoms with E-state index >= 15 is 0 Å². The Morgan fingerprint density at radius 3 is 2.59 bits per heavy atom. The number of benzene rings is 1. The van der Waals surface area contributed by atoms with Gasteiger partial charge in [0.2, 0.25) is 11.7 Å². The Labute approximate surface area is 111 Å². The zero-order valence-corrected chi connectivity index (χ0v) is 11.0. The molecule has 0 aliphatic rings. The molecule has 0 bridgehead atoms. The lowest BCUT2D eigenvalue weighted by molar-refractivity contribution is -0.114. The quantitative estimate of drug-likeness (QED) is 0.838. The normalized spacial score (nSPS) is 10.0. The second-order valence-electron chi connectivity index (χ2n) is 3.25. The molecule has 7 heteroatoms. The SMILES string of the molecule is CC(=O)Nc1ccc(-c2nncnn2)cc1I. The number of carbonyl (C=O) groups is 1. The maximum atomic E-state index is 11.0. The minimum atomic E-state index is -0.102. The predicted octanol–water partition coefficient (Wildman–Crippen LogP) is 1.50. The van der Waals surface area contributed by atoms with Crippen molar-refractivity contribution in [1.82, 2.24) is 20.4 Å². The third kappa shape index (κ3) is 2.93. The molecule has 2 rings (SSSR count). The summed E-state index contributed by atoms with van der Waals surface area (Å²) in [7, 11) is 0. The number of rotatable bonds is 2. The van der Waals surface area contributed by atoms with Crippen LogP contribution in [0.2, 0.25) is 0 Å². The van der Waals surface area contributed by atoms with Gasteiger partial charge in [-0.15, -0.1) is 20.4 Å². The molecule has 0 aliphatic heterocycles. The number of halogens is 1. The molecular weight excluding hydrogens is 333 g/mol. The van der Waals surface area contributed by atoms with Gasteiger partial charge in [-0.05, 0) is 40.8 Å². The maximum absolute atomic E-state index is 11.0. The van der Waals surface area contributed by atoms with Crippen molar-refractivity contribution in [1.29, 1.82) is 0 Å². The second-order valence-corrected chi connectivity index (χ2v) is 4.41. The summed E-state index contributed by atoms with van der Waals surface area (Å²) in [5.41, 5.74) is 1.57. The van der Waals surface area contributed by atoms with Gasteiger partial charge in [-0.3, -0.25) is 4.79 Å². The molecule has 0 saturated heterocycles. The van der Waals surface area contributed by atoms with Gasteiger partial charge in [0.15, 0.2) is 6.33 Å². The summed E-state index contributed by atoms with van der Waals surface area (Å²) in [4.78, 5) is 11.0. The van der Waals surface area contributed by atoms with Gasteiger partial charge in [0.05, 0.1) is 5.69 Å². The molecule has 1 aromatic carbocycles. The monoisotopic (exact) mass is 341 g/mol. The fraction of sp³-hybridized carbons (Fsp3) is 0.100. The lowest BCUT2D eigenvalue weighted by atomic mass is 10.2. The number of carbonyl (C=O) groups excluding carboxylic acids is 1. The Morgan fingerprint density at radius 2 is 2.00 bits per heavy atom. The average molecular weight is 341 g/mol. The summed E-state index contributed by atoms with van der Waals surface area (Å²) in [5, 5.41) is 17.8. The van der Waals surface area contributed by atoms with E-state index < -0.39 is 0 Å². The number of nitrogens with zero attached hydrogens (tertiary/aromatic N) is 4. The topological polar surface area (TPSA) is 80.7 Å². The molecule has 0 saturated carbocycles. The average Bonchev–Trinajstić information content (AvgIpc) is 2.32. The summed E-state index contributed by atoms with van der Waals surface area (Å²) in [6.45, 7) is 1.47. The number of aromatic nitrogens is 4. The van der Waals surface area contributed by atoms with E-state index in [4.69, 9.17) is 0 Å². The Kier molecular flexibility index (Phi) is 3.57. The van der Waals surface area contributed by atoms with Crippen molar-refractivity contribution in [2.45, 2.75) is 6.92 Å². The highest BCUT2D eigenvalue weighted by molar-refractivity contribution is 14.1. The number of nitrogens with one attached hydrogen (secondary N) is 1. The molecule has 0 spiro atoms. The number of hydrogen-bond donors (Lipinski definition) is 1. The van der Waals surface area contributed by atoms with Gasteiger partial charge < -0.3 is 5.32 Å². The van der Waals surface area contributed by atoms with Crippen LogP contribution in [-0.4, -0.2) is 26.3 Å². The second kappa shape index (κ2) is 5.13. The van der Waals surface area contributed by atoms with Crippen LogP contribution in [0.1, 0.15) is 6.92 Å². The van der Waals surface area contributed by atoms with Crippen molar-refractivity contribution in [2.75, 3.05) is 5.32 Å². The zero-order chi connectivity index (χ0) is 12.3. The fourth-order valence-corrected chi connectivity index (χ4v) is 1.91. The van der Waals surface area contributed by atoms with E-state index in [0.29, 0.717) is 5.82 Å². The maximum Gasteiger partial charge on any atom is 0.221 e. The minimum Gasteiger partial charge on any atom is -0.325 e. The van der Waals surface area contributed by atoms with E-state index in [2.05, 4.69) is 48.3 Å². The highest BCUT2D eigenvalue weighted by Gasteiger charge is 2.06. The standard InChI is InChI=1S/C10H8IN5O/c1-6(17)14-9-3-2-7(4-8(9)11)10-15-12-5-13-16-10/h2-5H,1H3,(H,14,17). The molecule has 1 heterocycles. The van der Waals surface area contributed by atoms with Crippen LogP contribution in [0.4, 0.5) is 5.69 Å². The molecule has 1 amide bonds. The van der Waals surface area contributed by atoms with Gasteiger partial charge in [0, 0.05) is 16.1 Å². The van der Waals surface area contributed by atoms with Gasteiger partial charge in [-0.25, -0.2) is 0 Å². The van der Waals surface area contributed by atoms with Crippen molar-refractivity contribution in [3.05, 3.63) is 28.1 Å². The number of hydrogen-bond acceptors (Lipinski definition) is 5. The molecule has 17 heavy (non-hydrogen) atoms. The van der Waals surface area contributed by atoms with Crippen molar-refractivity contribution in [2.24, 2.45) is 0 Å². The zero-order valence-electron chi connectivity index (χ0n) is 8.88. The Bertz CT molecular complexity index is 546. The van der Waals surface area contributed by atoms with Gasteiger partial charge in [-0.2, -0.15) is 0 Å². The first kappa shape index (κ1) is 11.8. The molecule has 2 aromatic rings. The van der Waals surface area contributed by atoms with Crippen molar-refractivity contribution in [3.8, 4) is 11.4 Å². The summed E-state index contributed by atoms with van der Waals surface area (Å²) >= 11 is 2.14. The van der Waals surface area contributed by atoms with Gasteiger partial charge in [-0.1, -0.05) is 0 Å². The summed E-state index contributed by atoms with van der Waals surface area (Å²) in [6, 6.07) is 5.48. The van der Waals surface area contributed by atoms with Gasteiger partial charge in [0.25, 0.3) is 0 Å². The summed E-state index contributed by atoms with van der Waals surface area (Å²) in [5.74, 6) is 0.356. The van der Waals surface area contributed by atoms with Crippen LogP contribution >= 0.6 is 22.6 Å². The fourth-order valence-electron chi connectivity index (χ4n) is 1.26. The van der Waals surface area contributed by atoms with E-state index in [1.54, 1.807) is 6.07 Å². The third-order valence-corrected chi connectivity index (χ3v) is 2.84. The van der Waals surface area contributed by atoms with E-state index in [9.17, 15) is 4.79 Å². The molecule has 0 radical (unpaired) electrons. The van der Waals surface area contributed by atoms with Crippen LogP contribution < -0.4 is 5.32 Å². The van der Waals surface area contributed by atoms with Crippen LogP contribution in [0.25, 0.3) is 11.4 Å². The largest absolute Gasteiger partial charge is 0.325 e. The first-order chi connectivity index (χ1) is 8.16. The number of anilines is 1. The van der Waals surface area contributed by atoms with Crippen LogP contribution in [0.5, 0.6) is 0 Å². The van der Waals surface area contributed by atoms with Crippen molar-refractivity contribution in [3.63, 3.8) is 0 Å². The first-order valence-electron chi connectivity index (χ1n) is 4.74. The molecule has 0 atom stereocenters. The van der Waals surface area contributed by atoms with Gasteiger partial charge >= 0.3 is 0 Å². The lowest BCUT2D eigenvalue weighted by Gasteiger charge is -2.06. The highest BCUT2D eigenvalue weighted by atomic mass is 127. The smallest absolute Gasteiger partial charge is 0.221 e. The highest BCUT2D eigenvalue weighted by Crippen LogP contribution is 2.23. The molecule has 6 nitrogen and oxygen atoms in total. The number of amides is 1. The molecule has 0 aliphatic carbocycles. The van der Waals surface area contributed by atoms with E-state index in [1.165, 1.54) is 13.3 Å². The molecule has 1 N–H and O–H groups in total. The minimum absolute atomic E-state index is 0.102. The molecule has 0 fully saturated rings. The summed E-state index contributed by atoms with van der Waals surface area (Å²) in [6.07, 6.45) is 1.28. The van der Waals surface area contributed by atoms with E-state index in [1.807, 2.05) is 12.1 Å². The Hall–Kier alpha value is -1.64. The molecule has 86 valence electrons. The van der Waals surface area contributed by atoms with E-state index in [-0.39, 0.29) is 5.91 Å². The summed E-state index contributed by atoms with van der Waals surface area (Å²) < 4.78 is 0.905. The van der Waals surface area contributed by atoms with Crippen molar-refractivity contribution < 1.29 is 4.79 Å². The van der Waals surface area contributed by atoms with Crippen LogP contribution in [0.3, 0.4) is 0 Å². The first-order valence-corrected chi connectivity index (χ1v) is 5.82. The van der Waals surface area contributed by atoms with Crippen molar-refractivity contribution >= 4 is 34.2 Å². The molecule has 0 unspecified atom stereocenters. The molecular formula is C10H8IN5O. The lowest BCUT2D eigenvalue weighted by Crippen LogP contribution is -2.07. The molecule has 1 aromatic heterocycles. The van der Waals surface area contributed by atoms with E-state index in [0.717, 1.165) is 14.8 Å². The Balaban J connectivity index is 2.34. The van der Waals surface area contributed by atoms with Crippen LogP contribution in [0, 0.1) is 3.57 Å². The van der Waals surface area contributed by atoms with Crippen LogP contribution in [0.15, 0.2) is 24.5 Å². The van der Waals surface area contributed by atoms with Crippen LogP contribution in [-0.2, 0) is 4.79 Å². The Morgan fingerprint density at radius 1 is 1.29 bits per heavy atom.